The highest BCUT2D eigenvalue weighted by molar-refractivity contribution is 7.17. The van der Waals surface area contributed by atoms with Gasteiger partial charge in [0.2, 0.25) is 5.91 Å². The van der Waals surface area contributed by atoms with Gasteiger partial charge >= 0.3 is 0 Å². The molecule has 0 bridgehead atoms. The molecule has 32 heavy (non-hydrogen) atoms. The minimum atomic E-state index is -0.765. The van der Waals surface area contributed by atoms with E-state index < -0.39 is 6.04 Å². The number of rotatable bonds is 6. The predicted octanol–water partition coefficient (Wildman–Crippen LogP) is 4.65. The summed E-state index contributed by atoms with van der Waals surface area (Å²) in [7, 11) is 3.07. The summed E-state index contributed by atoms with van der Waals surface area (Å²) in [6.07, 6.45) is 1.43. The number of aromatic nitrogens is 2. The maximum absolute atomic E-state index is 13.3. The molecule has 164 valence electrons. The molecule has 0 aliphatic rings. The number of benzene rings is 2. The number of fused-ring (bicyclic) bond motifs is 1. The molecule has 0 aliphatic carbocycles. The molecule has 1 unspecified atom stereocenters. The average Bonchev–Trinajstić information content (AvgIpc) is 3.24. The number of ether oxygens (including phenoxy) is 2. The maximum atomic E-state index is 13.3. The fourth-order valence-electron chi connectivity index (χ4n) is 3.45. The lowest BCUT2D eigenvalue weighted by atomic mass is 10.0. The van der Waals surface area contributed by atoms with Crippen molar-refractivity contribution in [2.75, 3.05) is 19.5 Å². The molecule has 0 saturated heterocycles. The summed E-state index contributed by atoms with van der Waals surface area (Å²) in [5.41, 5.74) is 3.20. The van der Waals surface area contributed by atoms with E-state index in [2.05, 4.69) is 10.3 Å². The van der Waals surface area contributed by atoms with Gasteiger partial charge in [0, 0.05) is 22.7 Å². The number of nitrogens with one attached hydrogen (secondary N) is 1. The fourth-order valence-corrected chi connectivity index (χ4v) is 4.36. The van der Waals surface area contributed by atoms with Gasteiger partial charge in [-0.1, -0.05) is 29.8 Å². The predicted molar refractivity (Wildman–Crippen MR) is 127 cm³/mol. The highest BCUT2D eigenvalue weighted by Gasteiger charge is 2.21. The number of amides is 1. The molecular weight excluding hydrogens is 426 g/mol. The molecule has 2 heterocycles. The molecule has 0 radical (unpaired) electrons. The van der Waals surface area contributed by atoms with Crippen molar-refractivity contribution in [2.45, 2.75) is 19.9 Å². The van der Waals surface area contributed by atoms with Crippen LogP contribution < -0.4 is 20.3 Å². The molecule has 1 N–H and O–H groups in total. The van der Waals surface area contributed by atoms with Crippen molar-refractivity contribution in [2.24, 2.45) is 0 Å². The quantitative estimate of drug-likeness (QED) is 0.463. The molecule has 0 fully saturated rings. The van der Waals surface area contributed by atoms with Crippen LogP contribution in [0.3, 0.4) is 0 Å². The summed E-state index contributed by atoms with van der Waals surface area (Å²) in [5.74, 6) is 0.720. The number of hydrogen-bond acceptors (Lipinski definition) is 6. The van der Waals surface area contributed by atoms with Crippen molar-refractivity contribution in [1.29, 1.82) is 0 Å². The van der Waals surface area contributed by atoms with E-state index in [4.69, 9.17) is 9.47 Å². The van der Waals surface area contributed by atoms with Crippen LogP contribution >= 0.6 is 11.3 Å². The zero-order valence-corrected chi connectivity index (χ0v) is 19.0. The van der Waals surface area contributed by atoms with Crippen LogP contribution in [-0.2, 0) is 4.79 Å². The van der Waals surface area contributed by atoms with Gasteiger partial charge in [-0.05, 0) is 31.5 Å². The van der Waals surface area contributed by atoms with E-state index in [0.717, 1.165) is 16.7 Å². The van der Waals surface area contributed by atoms with E-state index in [1.54, 1.807) is 32.2 Å². The minimum absolute atomic E-state index is 0.248. The van der Waals surface area contributed by atoms with Crippen LogP contribution in [0.15, 0.2) is 59.0 Å². The number of carbonyl (C=O) groups excluding carboxylic acids is 1. The van der Waals surface area contributed by atoms with Crippen LogP contribution in [-0.4, -0.2) is 29.7 Å². The monoisotopic (exact) mass is 449 g/mol. The lowest BCUT2D eigenvalue weighted by molar-refractivity contribution is -0.118. The molecule has 0 saturated carbocycles. The van der Waals surface area contributed by atoms with Crippen molar-refractivity contribution in [3.05, 3.63) is 70.1 Å². The summed E-state index contributed by atoms with van der Waals surface area (Å²) in [6.45, 7) is 3.69. The van der Waals surface area contributed by atoms with Crippen LogP contribution in [0.1, 0.15) is 18.5 Å². The molecule has 4 rings (SSSR count). The third-order valence-electron chi connectivity index (χ3n) is 5.33. The number of carbonyl (C=O) groups is 1. The Balaban J connectivity index is 1.66. The first-order valence-electron chi connectivity index (χ1n) is 10.0. The minimum Gasteiger partial charge on any atom is -0.493 e. The summed E-state index contributed by atoms with van der Waals surface area (Å²) >= 11 is 1.42. The Morgan fingerprint density at radius 2 is 1.81 bits per heavy atom. The first kappa shape index (κ1) is 21.6. The van der Waals surface area contributed by atoms with Crippen molar-refractivity contribution in [3.8, 4) is 22.6 Å². The lowest BCUT2D eigenvalue weighted by Gasteiger charge is -2.16. The molecule has 7 nitrogen and oxygen atoms in total. The zero-order valence-electron chi connectivity index (χ0n) is 18.2. The van der Waals surface area contributed by atoms with Crippen molar-refractivity contribution < 1.29 is 14.3 Å². The van der Waals surface area contributed by atoms with Crippen molar-refractivity contribution in [1.82, 2.24) is 9.55 Å². The van der Waals surface area contributed by atoms with Gasteiger partial charge in [-0.2, -0.15) is 0 Å². The van der Waals surface area contributed by atoms with Crippen LogP contribution in [0.2, 0.25) is 0 Å². The van der Waals surface area contributed by atoms with Gasteiger partial charge < -0.3 is 14.8 Å². The molecule has 0 aliphatic heterocycles. The van der Waals surface area contributed by atoms with Crippen LogP contribution in [0.25, 0.3) is 21.3 Å². The molecule has 2 aromatic heterocycles. The van der Waals surface area contributed by atoms with Gasteiger partial charge in [0.15, 0.2) is 11.5 Å². The Morgan fingerprint density at radius 3 is 2.50 bits per heavy atom. The molecular formula is C24H23N3O4S. The van der Waals surface area contributed by atoms with Crippen LogP contribution in [0.5, 0.6) is 11.5 Å². The number of hydrogen-bond donors (Lipinski definition) is 1. The molecule has 2 aromatic carbocycles. The van der Waals surface area contributed by atoms with E-state index >= 15 is 0 Å². The smallest absolute Gasteiger partial charge is 0.263 e. The lowest BCUT2D eigenvalue weighted by Crippen LogP contribution is -2.31. The van der Waals surface area contributed by atoms with Crippen molar-refractivity contribution in [3.63, 3.8) is 0 Å². The zero-order chi connectivity index (χ0) is 22.8. The second-order valence-electron chi connectivity index (χ2n) is 7.39. The number of methoxy groups -OCH3 is 2. The Morgan fingerprint density at radius 1 is 1.09 bits per heavy atom. The van der Waals surface area contributed by atoms with Crippen LogP contribution in [0, 0.1) is 6.92 Å². The van der Waals surface area contributed by atoms with E-state index in [1.807, 2.05) is 36.6 Å². The third kappa shape index (κ3) is 3.97. The highest BCUT2D eigenvalue weighted by Crippen LogP contribution is 2.32. The van der Waals surface area contributed by atoms with Crippen LogP contribution in [0.4, 0.5) is 5.69 Å². The van der Waals surface area contributed by atoms with E-state index in [1.165, 1.54) is 29.3 Å². The van der Waals surface area contributed by atoms with E-state index in [0.29, 0.717) is 27.4 Å². The molecule has 0 spiro atoms. The summed E-state index contributed by atoms with van der Waals surface area (Å²) in [6, 6.07) is 12.3. The molecule has 4 aromatic rings. The first-order chi connectivity index (χ1) is 15.4. The molecule has 8 heteroatoms. The summed E-state index contributed by atoms with van der Waals surface area (Å²) < 4.78 is 11.9. The average molecular weight is 450 g/mol. The normalized spacial score (nSPS) is 11.9. The van der Waals surface area contributed by atoms with Gasteiger partial charge in [0.1, 0.15) is 10.9 Å². The van der Waals surface area contributed by atoms with Gasteiger partial charge in [-0.15, -0.1) is 11.3 Å². The largest absolute Gasteiger partial charge is 0.493 e. The highest BCUT2D eigenvalue weighted by atomic mass is 32.1. The fraction of sp³-hybridized carbons (Fsp3) is 0.208. The van der Waals surface area contributed by atoms with Gasteiger partial charge in [-0.25, -0.2) is 4.98 Å². The second-order valence-corrected chi connectivity index (χ2v) is 8.25. The van der Waals surface area contributed by atoms with Gasteiger partial charge in [-0.3, -0.25) is 14.2 Å². The number of aryl methyl sites for hydroxylation is 1. The Kier molecular flexibility index (Phi) is 5.96. The van der Waals surface area contributed by atoms with E-state index in [-0.39, 0.29) is 11.5 Å². The Labute approximate surface area is 189 Å². The SMILES string of the molecule is COc1ccc(NC(=O)C(C)n2cnc3scc(-c4ccc(C)cc4)c3c2=O)cc1OC. The Bertz CT molecular complexity index is 1340. The topological polar surface area (TPSA) is 82.5 Å². The van der Waals surface area contributed by atoms with E-state index in [9.17, 15) is 9.59 Å². The van der Waals surface area contributed by atoms with Gasteiger partial charge in [0.25, 0.3) is 5.56 Å². The summed E-state index contributed by atoms with van der Waals surface area (Å²) in [4.78, 5) is 31.3. The molecule has 1 atom stereocenters. The second kappa shape index (κ2) is 8.84. The summed E-state index contributed by atoms with van der Waals surface area (Å²) in [5, 5.41) is 5.28. The number of thiophene rings is 1. The molecule has 1 amide bonds. The standard InChI is InChI=1S/C24H23N3O4S/c1-14-5-7-16(8-6-14)18-12-32-23-21(18)24(29)27(13-25-23)15(2)22(28)26-17-9-10-19(30-3)20(11-17)31-4/h5-13,15H,1-4H3,(H,26,28). The Hall–Kier alpha value is -3.65. The first-order valence-corrected chi connectivity index (χ1v) is 10.9. The maximum Gasteiger partial charge on any atom is 0.263 e. The van der Waals surface area contributed by atoms with Crippen molar-refractivity contribution >= 4 is 33.1 Å². The third-order valence-corrected chi connectivity index (χ3v) is 6.22. The number of nitrogens with zero attached hydrogens (tertiary/aromatic N) is 2. The number of anilines is 1. The van der Waals surface area contributed by atoms with Gasteiger partial charge in [0.05, 0.1) is 25.9 Å².